The fraction of sp³-hybridized carbons (Fsp3) is 0.560. The Kier molecular flexibility index (Phi) is 7.30. The summed E-state index contributed by atoms with van der Waals surface area (Å²) in [6.45, 7) is 7.73. The molecule has 6 heteroatoms. The molecule has 2 aromatic rings. The van der Waals surface area contributed by atoms with E-state index in [1.54, 1.807) is 13.2 Å². The summed E-state index contributed by atoms with van der Waals surface area (Å²) in [6.07, 6.45) is 2.97. The summed E-state index contributed by atoms with van der Waals surface area (Å²) in [5.41, 5.74) is 2.45. The van der Waals surface area contributed by atoms with Gasteiger partial charge in [-0.1, -0.05) is 37.3 Å². The summed E-state index contributed by atoms with van der Waals surface area (Å²) in [5, 5.41) is 0. The van der Waals surface area contributed by atoms with Crippen LogP contribution < -0.4 is 15.4 Å². The molecule has 0 unspecified atom stereocenters. The molecule has 2 aliphatic rings. The van der Waals surface area contributed by atoms with Crippen LogP contribution in [-0.2, 0) is 22.4 Å². The van der Waals surface area contributed by atoms with Gasteiger partial charge in [0.05, 0.1) is 13.2 Å². The van der Waals surface area contributed by atoms with Crippen molar-refractivity contribution < 1.29 is 9.47 Å². The number of morpholine rings is 1. The van der Waals surface area contributed by atoms with Crippen LogP contribution in [0, 0.1) is 5.92 Å². The van der Waals surface area contributed by atoms with Crippen molar-refractivity contribution in [1.29, 1.82) is 0 Å². The SMILES string of the molecule is COCCCn1c(N2CC[C@@H](C)[C@@H]2Cc2ccccc2)cc(N2CCOCC2)cc1=O. The van der Waals surface area contributed by atoms with Crippen molar-refractivity contribution in [3.63, 3.8) is 0 Å². The highest BCUT2D eigenvalue weighted by Gasteiger charge is 2.33. The average molecular weight is 426 g/mol. The number of benzene rings is 1. The summed E-state index contributed by atoms with van der Waals surface area (Å²) in [4.78, 5) is 18.0. The van der Waals surface area contributed by atoms with Crippen LogP contribution in [0.2, 0.25) is 0 Å². The third kappa shape index (κ3) is 5.13. The molecule has 0 bridgehead atoms. The largest absolute Gasteiger partial charge is 0.385 e. The molecule has 0 amide bonds. The lowest BCUT2D eigenvalue weighted by Crippen LogP contribution is -2.40. The van der Waals surface area contributed by atoms with Gasteiger partial charge in [-0.25, -0.2) is 0 Å². The van der Waals surface area contributed by atoms with Crippen LogP contribution in [0.3, 0.4) is 0 Å². The molecule has 2 atom stereocenters. The molecule has 0 radical (unpaired) electrons. The monoisotopic (exact) mass is 425 g/mol. The van der Waals surface area contributed by atoms with Crippen molar-refractivity contribution in [3.05, 3.63) is 58.4 Å². The number of anilines is 2. The fourth-order valence-electron chi connectivity index (χ4n) is 4.86. The van der Waals surface area contributed by atoms with E-state index in [2.05, 4.69) is 53.1 Å². The number of methoxy groups -OCH3 is 1. The second-order valence-electron chi connectivity index (χ2n) is 8.72. The molecular formula is C25H35N3O3. The minimum atomic E-state index is 0.0770. The molecular weight excluding hydrogens is 390 g/mol. The van der Waals surface area contributed by atoms with Crippen LogP contribution >= 0.6 is 0 Å². The van der Waals surface area contributed by atoms with Crippen LogP contribution in [0.15, 0.2) is 47.3 Å². The minimum Gasteiger partial charge on any atom is -0.385 e. The molecule has 1 aromatic heterocycles. The van der Waals surface area contributed by atoms with Gasteiger partial charge in [-0.05, 0) is 30.7 Å². The van der Waals surface area contributed by atoms with E-state index in [4.69, 9.17) is 9.47 Å². The predicted molar refractivity (Wildman–Crippen MR) is 125 cm³/mol. The van der Waals surface area contributed by atoms with Gasteiger partial charge < -0.3 is 19.3 Å². The smallest absolute Gasteiger partial charge is 0.254 e. The first kappa shape index (κ1) is 21.9. The number of nitrogens with zero attached hydrogens (tertiary/aromatic N) is 3. The van der Waals surface area contributed by atoms with Crippen LogP contribution in [0.5, 0.6) is 0 Å². The van der Waals surface area contributed by atoms with Gasteiger partial charge in [0.25, 0.3) is 5.56 Å². The Morgan fingerprint density at radius 3 is 2.61 bits per heavy atom. The highest BCUT2D eigenvalue weighted by molar-refractivity contribution is 5.57. The third-order valence-corrected chi connectivity index (χ3v) is 6.66. The van der Waals surface area contributed by atoms with Gasteiger partial charge >= 0.3 is 0 Å². The molecule has 0 aliphatic carbocycles. The molecule has 0 saturated carbocycles. The number of hydrogen-bond acceptors (Lipinski definition) is 5. The lowest BCUT2D eigenvalue weighted by molar-refractivity contribution is 0.122. The highest BCUT2D eigenvalue weighted by Crippen LogP contribution is 2.33. The van der Waals surface area contributed by atoms with E-state index in [0.717, 1.165) is 50.4 Å². The summed E-state index contributed by atoms with van der Waals surface area (Å²) >= 11 is 0. The fourth-order valence-corrected chi connectivity index (χ4v) is 4.86. The van der Waals surface area contributed by atoms with Crippen LogP contribution in [0.1, 0.15) is 25.3 Å². The van der Waals surface area contributed by atoms with E-state index in [1.165, 1.54) is 5.56 Å². The lowest BCUT2D eigenvalue weighted by atomic mass is 9.96. The van der Waals surface area contributed by atoms with E-state index >= 15 is 0 Å². The number of rotatable bonds is 8. The standard InChI is InChI=1S/C25H35N3O3/c1-20-9-11-27(23(20)17-21-7-4-3-5-8-21)24-18-22(26-12-15-31-16-13-26)19-25(29)28(24)10-6-14-30-2/h3-5,7-8,18-20,23H,6,9-17H2,1-2H3/t20-,23+/m1/s1. The molecule has 168 valence electrons. The van der Waals surface area contributed by atoms with Gasteiger partial charge in [-0.3, -0.25) is 9.36 Å². The van der Waals surface area contributed by atoms with Crippen molar-refractivity contribution in [3.8, 4) is 0 Å². The number of aromatic nitrogens is 1. The lowest BCUT2D eigenvalue weighted by Gasteiger charge is -2.34. The van der Waals surface area contributed by atoms with E-state index in [9.17, 15) is 4.79 Å². The molecule has 2 aliphatic heterocycles. The summed E-state index contributed by atoms with van der Waals surface area (Å²) < 4.78 is 12.7. The highest BCUT2D eigenvalue weighted by atomic mass is 16.5. The van der Waals surface area contributed by atoms with E-state index in [1.807, 2.05) is 4.57 Å². The summed E-state index contributed by atoms with van der Waals surface area (Å²) in [5.74, 6) is 1.63. The third-order valence-electron chi connectivity index (χ3n) is 6.66. The Balaban J connectivity index is 1.68. The predicted octanol–water partition coefficient (Wildman–Crippen LogP) is 3.18. The molecule has 31 heavy (non-hydrogen) atoms. The van der Waals surface area contributed by atoms with Gasteiger partial charge in [-0.15, -0.1) is 0 Å². The Hall–Kier alpha value is -2.31. The molecule has 2 fully saturated rings. The summed E-state index contributed by atoms with van der Waals surface area (Å²) in [6, 6.07) is 15.1. The van der Waals surface area contributed by atoms with Gasteiger partial charge in [0.1, 0.15) is 5.82 Å². The first-order valence-corrected chi connectivity index (χ1v) is 11.5. The molecule has 0 spiro atoms. The van der Waals surface area contributed by atoms with Crippen molar-refractivity contribution in [2.24, 2.45) is 5.92 Å². The van der Waals surface area contributed by atoms with Crippen LogP contribution in [0.25, 0.3) is 0 Å². The van der Waals surface area contributed by atoms with E-state index in [-0.39, 0.29) is 5.56 Å². The second kappa shape index (κ2) is 10.3. The van der Waals surface area contributed by atoms with Crippen LogP contribution in [-0.4, -0.2) is 57.2 Å². The molecule has 4 rings (SSSR count). The Labute approximate surface area is 185 Å². The maximum absolute atomic E-state index is 13.2. The quantitative estimate of drug-likeness (QED) is 0.608. The van der Waals surface area contributed by atoms with E-state index < -0.39 is 0 Å². The number of ether oxygens (including phenoxy) is 2. The maximum atomic E-state index is 13.2. The zero-order chi connectivity index (χ0) is 21.6. The van der Waals surface area contributed by atoms with Gasteiger partial charge in [0, 0.05) is 63.8 Å². The maximum Gasteiger partial charge on any atom is 0.254 e. The van der Waals surface area contributed by atoms with Crippen LogP contribution in [0.4, 0.5) is 11.5 Å². The van der Waals surface area contributed by atoms with E-state index in [0.29, 0.717) is 38.3 Å². The molecule has 3 heterocycles. The Morgan fingerprint density at radius 2 is 1.87 bits per heavy atom. The number of pyridine rings is 1. The average Bonchev–Trinajstić information content (AvgIpc) is 3.16. The minimum absolute atomic E-state index is 0.0770. The van der Waals surface area contributed by atoms with Crippen molar-refractivity contribution in [2.45, 2.75) is 38.8 Å². The first-order chi connectivity index (χ1) is 15.2. The zero-order valence-electron chi connectivity index (χ0n) is 18.8. The molecule has 1 aromatic carbocycles. The van der Waals surface area contributed by atoms with Gasteiger partial charge in [-0.2, -0.15) is 0 Å². The molecule has 2 saturated heterocycles. The van der Waals surface area contributed by atoms with Gasteiger partial charge in [0.15, 0.2) is 0 Å². The van der Waals surface area contributed by atoms with Crippen molar-refractivity contribution >= 4 is 11.5 Å². The Morgan fingerprint density at radius 1 is 1.10 bits per heavy atom. The van der Waals surface area contributed by atoms with Gasteiger partial charge in [0.2, 0.25) is 0 Å². The number of hydrogen-bond donors (Lipinski definition) is 0. The normalized spacial score (nSPS) is 21.6. The molecule has 6 nitrogen and oxygen atoms in total. The second-order valence-corrected chi connectivity index (χ2v) is 8.72. The van der Waals surface area contributed by atoms with Crippen molar-refractivity contribution in [1.82, 2.24) is 4.57 Å². The molecule has 0 N–H and O–H groups in total. The Bertz CT molecular complexity index is 893. The topological polar surface area (TPSA) is 46.9 Å². The first-order valence-electron chi connectivity index (χ1n) is 11.5. The van der Waals surface area contributed by atoms with Crippen molar-refractivity contribution in [2.75, 3.05) is 56.4 Å². The zero-order valence-corrected chi connectivity index (χ0v) is 18.8. The summed E-state index contributed by atoms with van der Waals surface area (Å²) in [7, 11) is 1.71.